The van der Waals surface area contributed by atoms with Crippen LogP contribution in [-0.2, 0) is 23.7 Å². The molecule has 1 aromatic heterocycles. The van der Waals surface area contributed by atoms with E-state index in [1.807, 2.05) is 0 Å². The Morgan fingerprint density at radius 3 is 2.07 bits per heavy atom. The summed E-state index contributed by atoms with van der Waals surface area (Å²) in [5.41, 5.74) is -1.32. The maximum Gasteiger partial charge on any atom is 0.239 e. The molecule has 3 aliphatic heterocycles. The first-order valence-corrected chi connectivity index (χ1v) is 16.5. The molecule has 21 nitrogen and oxygen atoms in total. The Labute approximate surface area is 303 Å². The fraction of sp³-hybridized carbons (Fsp3) is 0.545. The first-order valence-electron chi connectivity index (χ1n) is 16.5. The second-order valence-corrected chi connectivity index (χ2v) is 12.8. The third-order valence-electron chi connectivity index (χ3n) is 9.28. The van der Waals surface area contributed by atoms with Crippen molar-refractivity contribution in [1.82, 2.24) is 0 Å². The average Bonchev–Trinajstić information content (AvgIpc) is 3.14. The van der Waals surface area contributed by atoms with Crippen LogP contribution in [0.15, 0.2) is 39.5 Å². The van der Waals surface area contributed by atoms with Gasteiger partial charge in [0.2, 0.25) is 17.5 Å². The molecule has 298 valence electrons. The Morgan fingerprint density at radius 2 is 1.39 bits per heavy atom. The van der Waals surface area contributed by atoms with E-state index < -0.39 is 134 Å². The van der Waals surface area contributed by atoms with E-state index in [2.05, 4.69) is 0 Å². The lowest BCUT2D eigenvalue weighted by molar-refractivity contribution is -0.380. The molecule has 14 atom stereocenters. The summed E-state index contributed by atoms with van der Waals surface area (Å²) in [5, 5.41) is 125. The zero-order valence-corrected chi connectivity index (χ0v) is 28.1. The first-order chi connectivity index (χ1) is 25.7. The number of hydrogen-bond donors (Lipinski definition) is 12. The minimum Gasteiger partial charge on any atom is -0.508 e. The molecule has 3 aliphatic rings. The molecule has 0 bridgehead atoms. The number of rotatable bonds is 10. The maximum atomic E-state index is 14.0. The molecule has 0 unspecified atom stereocenters. The van der Waals surface area contributed by atoms with Crippen LogP contribution < -0.4 is 14.9 Å². The third kappa shape index (κ3) is 7.39. The molecular weight excluding hydrogens is 732 g/mol. The zero-order chi connectivity index (χ0) is 39.2. The maximum absolute atomic E-state index is 14.0. The van der Waals surface area contributed by atoms with Gasteiger partial charge in [-0.1, -0.05) is 0 Å². The standard InChI is InChI=1S/C33H40O21/c1-47-15-4-10(2-3-12(15)37)27-29(23(43)19-13(38)5-11(36)6-16(19)49-27)53-32-26(46)28(22(42)18(8-35)50-32)52-33-30(24(44)21(41)17(7-34)51-33)54-31-25(45)20(40)14(39)9-48-31/h2-6,14,17-18,20-22,24-26,28,30-42,44-46H,7-9H2,1H3/t14-,17-,18-,20+,21-,22-,24+,25-,26-,28+,30-,31+,32+,33+/m1/s1. The minimum absolute atomic E-state index is 0.0428. The van der Waals surface area contributed by atoms with E-state index in [0.717, 1.165) is 12.1 Å². The van der Waals surface area contributed by atoms with E-state index in [0.29, 0.717) is 0 Å². The van der Waals surface area contributed by atoms with Crippen molar-refractivity contribution in [2.45, 2.75) is 86.0 Å². The molecule has 0 amide bonds. The summed E-state index contributed by atoms with van der Waals surface area (Å²) in [4.78, 5) is 14.0. The molecule has 3 aromatic rings. The highest BCUT2D eigenvalue weighted by atomic mass is 16.8. The predicted octanol–water partition coefficient (Wildman–Crippen LogP) is -3.95. The van der Waals surface area contributed by atoms with Crippen molar-refractivity contribution in [2.75, 3.05) is 26.9 Å². The molecule has 0 saturated carbocycles. The summed E-state index contributed by atoms with van der Waals surface area (Å²) in [6.07, 6.45) is -25.6. The Hall–Kier alpha value is -3.91. The molecule has 0 radical (unpaired) electrons. The van der Waals surface area contributed by atoms with Gasteiger partial charge >= 0.3 is 0 Å². The number of aliphatic hydroxyl groups is 9. The summed E-state index contributed by atoms with van der Waals surface area (Å²) >= 11 is 0. The van der Waals surface area contributed by atoms with Gasteiger partial charge in [0.1, 0.15) is 89.6 Å². The highest BCUT2D eigenvalue weighted by molar-refractivity contribution is 5.88. The highest BCUT2D eigenvalue weighted by Gasteiger charge is 2.54. The largest absolute Gasteiger partial charge is 0.508 e. The lowest BCUT2D eigenvalue weighted by Crippen LogP contribution is -2.66. The Bertz CT molecular complexity index is 1840. The van der Waals surface area contributed by atoms with E-state index in [1.54, 1.807) is 0 Å². The molecule has 0 aliphatic carbocycles. The Morgan fingerprint density at radius 1 is 0.722 bits per heavy atom. The summed E-state index contributed by atoms with van der Waals surface area (Å²) < 4.78 is 44.9. The van der Waals surface area contributed by atoms with Gasteiger partial charge in [0.25, 0.3) is 0 Å². The number of methoxy groups -OCH3 is 1. The molecule has 4 heterocycles. The van der Waals surface area contributed by atoms with Crippen LogP contribution in [0.3, 0.4) is 0 Å². The molecule has 54 heavy (non-hydrogen) atoms. The molecule has 3 saturated heterocycles. The van der Waals surface area contributed by atoms with Crippen molar-refractivity contribution in [2.24, 2.45) is 0 Å². The van der Waals surface area contributed by atoms with Gasteiger partial charge in [-0.15, -0.1) is 0 Å². The monoisotopic (exact) mass is 772 g/mol. The van der Waals surface area contributed by atoms with Crippen LogP contribution in [0, 0.1) is 0 Å². The number of phenolic OH excluding ortho intramolecular Hbond substituents is 3. The first kappa shape index (κ1) is 39.8. The van der Waals surface area contributed by atoms with Gasteiger partial charge in [0.15, 0.2) is 29.8 Å². The fourth-order valence-corrected chi connectivity index (χ4v) is 6.33. The minimum atomic E-state index is -2.12. The smallest absolute Gasteiger partial charge is 0.239 e. The van der Waals surface area contributed by atoms with E-state index in [1.165, 1.54) is 25.3 Å². The summed E-state index contributed by atoms with van der Waals surface area (Å²) in [7, 11) is 1.25. The number of aliphatic hydroxyl groups excluding tert-OH is 9. The van der Waals surface area contributed by atoms with E-state index in [-0.39, 0.29) is 28.4 Å². The van der Waals surface area contributed by atoms with E-state index >= 15 is 0 Å². The molecule has 3 fully saturated rings. The molecule has 21 heteroatoms. The third-order valence-corrected chi connectivity index (χ3v) is 9.28. The highest BCUT2D eigenvalue weighted by Crippen LogP contribution is 2.40. The lowest BCUT2D eigenvalue weighted by Gasteiger charge is -2.47. The summed E-state index contributed by atoms with van der Waals surface area (Å²) in [5.74, 6) is -2.66. The van der Waals surface area contributed by atoms with Crippen LogP contribution in [-0.4, -0.2) is 174 Å². The van der Waals surface area contributed by atoms with Crippen molar-refractivity contribution in [3.63, 3.8) is 0 Å². The normalized spacial score (nSPS) is 35.9. The van der Waals surface area contributed by atoms with Crippen LogP contribution in [0.4, 0.5) is 0 Å². The van der Waals surface area contributed by atoms with Gasteiger partial charge in [-0.05, 0) is 18.2 Å². The molecule has 6 rings (SSSR count). The van der Waals surface area contributed by atoms with Gasteiger partial charge < -0.3 is 98.9 Å². The lowest BCUT2D eigenvalue weighted by atomic mass is 9.96. The molecule has 12 N–H and O–H groups in total. The second kappa shape index (κ2) is 16.1. The van der Waals surface area contributed by atoms with Crippen LogP contribution in [0.2, 0.25) is 0 Å². The van der Waals surface area contributed by atoms with Crippen molar-refractivity contribution < 1.29 is 98.9 Å². The number of hydrogen-bond acceptors (Lipinski definition) is 21. The van der Waals surface area contributed by atoms with Crippen LogP contribution >= 0.6 is 0 Å². The summed E-state index contributed by atoms with van der Waals surface area (Å²) in [6, 6.07) is 5.64. The molecule has 2 aromatic carbocycles. The molecular formula is C33H40O21. The van der Waals surface area contributed by atoms with Crippen molar-refractivity contribution in [3.05, 3.63) is 40.6 Å². The molecule has 0 spiro atoms. The van der Waals surface area contributed by atoms with Crippen LogP contribution in [0.5, 0.6) is 28.7 Å². The summed E-state index contributed by atoms with van der Waals surface area (Å²) in [6.45, 7) is -2.33. The fourth-order valence-electron chi connectivity index (χ4n) is 6.33. The quantitative estimate of drug-likeness (QED) is 0.0935. The number of fused-ring (bicyclic) bond motifs is 1. The predicted molar refractivity (Wildman–Crippen MR) is 173 cm³/mol. The van der Waals surface area contributed by atoms with E-state index in [9.17, 15) is 66.1 Å². The second-order valence-electron chi connectivity index (χ2n) is 12.8. The van der Waals surface area contributed by atoms with Gasteiger partial charge in [-0.25, -0.2) is 0 Å². The topological polar surface area (TPSA) is 338 Å². The SMILES string of the molecule is COc1cc(-c2oc3cc(O)cc(O)c3c(=O)c2O[C@@H]2O[C@H](CO)[C@@H](O)[C@H](O[C@@H]3O[C@H](CO)[C@@H](O)[C@H](O)[C@H]3O[C@@H]3OC[C@@H](O)[C@H](O)[C@H]3O)[C@H]2O)ccc1O. The Balaban J connectivity index is 1.36. The van der Waals surface area contributed by atoms with Crippen molar-refractivity contribution in [1.29, 1.82) is 0 Å². The van der Waals surface area contributed by atoms with Crippen LogP contribution in [0.25, 0.3) is 22.3 Å². The van der Waals surface area contributed by atoms with Gasteiger partial charge in [-0.3, -0.25) is 4.79 Å². The van der Waals surface area contributed by atoms with Crippen molar-refractivity contribution >= 4 is 11.0 Å². The van der Waals surface area contributed by atoms with E-state index in [4.69, 9.17) is 37.6 Å². The zero-order valence-electron chi connectivity index (χ0n) is 28.1. The van der Waals surface area contributed by atoms with Crippen molar-refractivity contribution in [3.8, 4) is 40.1 Å². The van der Waals surface area contributed by atoms with Gasteiger partial charge in [0.05, 0.1) is 26.9 Å². The number of phenols is 3. The average molecular weight is 773 g/mol. The Kier molecular flexibility index (Phi) is 11.8. The number of ether oxygens (including phenoxy) is 7. The van der Waals surface area contributed by atoms with Gasteiger partial charge in [-0.2, -0.15) is 0 Å². The van der Waals surface area contributed by atoms with Crippen LogP contribution in [0.1, 0.15) is 0 Å². The van der Waals surface area contributed by atoms with Gasteiger partial charge in [0, 0.05) is 17.7 Å². The number of benzene rings is 2. The number of aromatic hydroxyl groups is 3.